The Kier molecular flexibility index (Phi) is 4.14. The highest BCUT2D eigenvalue weighted by atomic mass is 32.2. The first-order chi connectivity index (χ1) is 10.4. The van der Waals surface area contributed by atoms with Crippen molar-refractivity contribution in [2.45, 2.75) is 44.6 Å². The van der Waals surface area contributed by atoms with E-state index in [9.17, 15) is 8.42 Å². The molecule has 118 valence electrons. The fourth-order valence-electron chi connectivity index (χ4n) is 3.48. The van der Waals surface area contributed by atoms with Gasteiger partial charge in [-0.25, -0.2) is 8.42 Å². The lowest BCUT2D eigenvalue weighted by Crippen LogP contribution is -2.31. The third-order valence-electron chi connectivity index (χ3n) is 4.25. The van der Waals surface area contributed by atoms with Crippen molar-refractivity contribution in [3.05, 3.63) is 51.2 Å². The number of hydrogen-bond donors (Lipinski definition) is 0. The third kappa shape index (κ3) is 2.62. The summed E-state index contributed by atoms with van der Waals surface area (Å²) in [7, 11) is -3.45. The average Bonchev–Trinajstić information content (AvgIpc) is 3.08. The Morgan fingerprint density at radius 1 is 1.18 bits per heavy atom. The van der Waals surface area contributed by atoms with E-state index in [0.29, 0.717) is 11.4 Å². The molecule has 0 amide bonds. The van der Waals surface area contributed by atoms with Gasteiger partial charge in [0, 0.05) is 11.4 Å². The summed E-state index contributed by atoms with van der Waals surface area (Å²) in [4.78, 5) is 1.63. The van der Waals surface area contributed by atoms with Gasteiger partial charge in [-0.05, 0) is 56.2 Å². The Morgan fingerprint density at radius 3 is 2.45 bits per heavy atom. The van der Waals surface area contributed by atoms with Crippen LogP contribution in [0.4, 0.5) is 0 Å². The molecule has 0 N–H and O–H groups in total. The van der Waals surface area contributed by atoms with E-state index in [1.807, 2.05) is 50.4 Å². The van der Waals surface area contributed by atoms with Gasteiger partial charge in [0.05, 0.1) is 10.9 Å². The molecule has 0 saturated carbocycles. The predicted molar refractivity (Wildman–Crippen MR) is 90.8 cm³/mol. The van der Waals surface area contributed by atoms with Crippen molar-refractivity contribution in [1.29, 1.82) is 0 Å². The minimum Gasteiger partial charge on any atom is -0.207 e. The van der Waals surface area contributed by atoms with Crippen molar-refractivity contribution in [2.24, 2.45) is 0 Å². The molecule has 0 bridgehead atoms. The zero-order valence-electron chi connectivity index (χ0n) is 13.2. The molecule has 1 fully saturated rings. The van der Waals surface area contributed by atoms with Gasteiger partial charge in [-0.1, -0.05) is 23.8 Å². The molecule has 0 aliphatic carbocycles. The van der Waals surface area contributed by atoms with Gasteiger partial charge in [0.15, 0.2) is 0 Å². The molecule has 2 aromatic rings. The zero-order valence-corrected chi connectivity index (χ0v) is 14.8. The van der Waals surface area contributed by atoms with Crippen molar-refractivity contribution in [1.82, 2.24) is 4.31 Å². The SMILES string of the molecule is Cc1cc(C)c(S(=O)(=O)N2CCC[C@@H]2c2cccs2)c(C)c1. The van der Waals surface area contributed by atoms with Gasteiger partial charge in [0.25, 0.3) is 0 Å². The molecule has 3 nitrogen and oxygen atoms in total. The summed E-state index contributed by atoms with van der Waals surface area (Å²) >= 11 is 1.64. The van der Waals surface area contributed by atoms with E-state index in [1.54, 1.807) is 15.6 Å². The van der Waals surface area contributed by atoms with Crippen LogP contribution in [0.3, 0.4) is 0 Å². The summed E-state index contributed by atoms with van der Waals surface area (Å²) in [5.41, 5.74) is 2.79. The lowest BCUT2D eigenvalue weighted by atomic mass is 10.1. The molecule has 1 aliphatic rings. The molecular formula is C17H21NO2S2. The second-order valence-electron chi connectivity index (χ2n) is 6.02. The smallest absolute Gasteiger partial charge is 0.207 e. The first-order valence-corrected chi connectivity index (χ1v) is 9.86. The maximum atomic E-state index is 13.2. The van der Waals surface area contributed by atoms with E-state index in [1.165, 1.54) is 0 Å². The quantitative estimate of drug-likeness (QED) is 0.843. The van der Waals surface area contributed by atoms with Gasteiger partial charge in [-0.2, -0.15) is 4.31 Å². The summed E-state index contributed by atoms with van der Waals surface area (Å²) in [5.74, 6) is 0. The largest absolute Gasteiger partial charge is 0.244 e. The van der Waals surface area contributed by atoms with Crippen LogP contribution in [-0.4, -0.2) is 19.3 Å². The van der Waals surface area contributed by atoms with E-state index in [-0.39, 0.29) is 6.04 Å². The van der Waals surface area contributed by atoms with Crippen molar-refractivity contribution in [3.63, 3.8) is 0 Å². The molecule has 1 aromatic carbocycles. The highest BCUT2D eigenvalue weighted by Crippen LogP contribution is 2.39. The molecule has 2 heterocycles. The Morgan fingerprint density at radius 2 is 1.86 bits per heavy atom. The van der Waals surface area contributed by atoms with Crippen molar-refractivity contribution in [2.75, 3.05) is 6.54 Å². The van der Waals surface area contributed by atoms with Gasteiger partial charge in [0.2, 0.25) is 10.0 Å². The van der Waals surface area contributed by atoms with Crippen LogP contribution in [0, 0.1) is 20.8 Å². The lowest BCUT2D eigenvalue weighted by molar-refractivity contribution is 0.400. The maximum Gasteiger partial charge on any atom is 0.244 e. The first-order valence-electron chi connectivity index (χ1n) is 7.54. The third-order valence-corrected chi connectivity index (χ3v) is 7.43. The first kappa shape index (κ1) is 15.7. The zero-order chi connectivity index (χ0) is 15.9. The molecule has 0 radical (unpaired) electrons. The number of rotatable bonds is 3. The Labute approximate surface area is 136 Å². The van der Waals surface area contributed by atoms with E-state index in [2.05, 4.69) is 0 Å². The number of hydrogen-bond acceptors (Lipinski definition) is 3. The maximum absolute atomic E-state index is 13.2. The van der Waals surface area contributed by atoms with Gasteiger partial charge >= 0.3 is 0 Å². The predicted octanol–water partition coefficient (Wildman–Crippen LogP) is 4.20. The average molecular weight is 335 g/mol. The van der Waals surface area contributed by atoms with Crippen LogP contribution < -0.4 is 0 Å². The van der Waals surface area contributed by atoms with Gasteiger partial charge in [0.1, 0.15) is 0 Å². The van der Waals surface area contributed by atoms with Crippen LogP contribution in [-0.2, 0) is 10.0 Å². The molecule has 3 rings (SSSR count). The van der Waals surface area contributed by atoms with Crippen LogP contribution in [0.5, 0.6) is 0 Å². The van der Waals surface area contributed by atoms with Crippen LogP contribution >= 0.6 is 11.3 Å². The van der Waals surface area contributed by atoms with Crippen LogP contribution in [0.1, 0.15) is 40.5 Å². The second kappa shape index (κ2) is 5.80. The summed E-state index contributed by atoms with van der Waals surface area (Å²) < 4.78 is 28.1. The number of aryl methyl sites for hydroxylation is 3. The fraction of sp³-hybridized carbons (Fsp3) is 0.412. The molecule has 0 unspecified atom stereocenters. The van der Waals surface area contributed by atoms with E-state index in [0.717, 1.165) is 34.4 Å². The van der Waals surface area contributed by atoms with Crippen LogP contribution in [0.15, 0.2) is 34.5 Å². The molecule has 1 aliphatic heterocycles. The fourth-order valence-corrected chi connectivity index (χ4v) is 6.51. The molecule has 22 heavy (non-hydrogen) atoms. The molecule has 1 atom stereocenters. The van der Waals surface area contributed by atoms with Crippen LogP contribution in [0.25, 0.3) is 0 Å². The lowest BCUT2D eigenvalue weighted by Gasteiger charge is -2.25. The number of sulfonamides is 1. The van der Waals surface area contributed by atoms with Crippen molar-refractivity contribution in [3.8, 4) is 0 Å². The molecule has 1 aromatic heterocycles. The van der Waals surface area contributed by atoms with Gasteiger partial charge in [-0.15, -0.1) is 11.3 Å². The normalized spacial score (nSPS) is 19.7. The summed E-state index contributed by atoms with van der Waals surface area (Å²) in [6.45, 7) is 6.39. The topological polar surface area (TPSA) is 37.4 Å². The summed E-state index contributed by atoms with van der Waals surface area (Å²) in [6, 6.07) is 7.93. The van der Waals surface area contributed by atoms with Gasteiger partial charge < -0.3 is 0 Å². The standard InChI is InChI=1S/C17H21NO2S2/c1-12-10-13(2)17(14(3)11-12)22(19,20)18-8-4-6-15(18)16-7-5-9-21-16/h5,7,9-11,15H,4,6,8H2,1-3H3/t15-/m1/s1. The monoisotopic (exact) mass is 335 g/mol. The minimum atomic E-state index is -3.45. The van der Waals surface area contributed by atoms with E-state index >= 15 is 0 Å². The van der Waals surface area contributed by atoms with E-state index in [4.69, 9.17) is 0 Å². The Hall–Kier alpha value is -1.17. The van der Waals surface area contributed by atoms with E-state index < -0.39 is 10.0 Å². The second-order valence-corrected chi connectivity index (χ2v) is 8.82. The van der Waals surface area contributed by atoms with Crippen LogP contribution in [0.2, 0.25) is 0 Å². The number of benzene rings is 1. The van der Waals surface area contributed by atoms with Crippen molar-refractivity contribution >= 4 is 21.4 Å². The Balaban J connectivity index is 2.07. The molecule has 5 heteroatoms. The number of thiophene rings is 1. The molecule has 1 saturated heterocycles. The summed E-state index contributed by atoms with van der Waals surface area (Å²) in [5, 5.41) is 2.01. The highest BCUT2D eigenvalue weighted by molar-refractivity contribution is 7.89. The summed E-state index contributed by atoms with van der Waals surface area (Å²) in [6.07, 6.45) is 1.83. The van der Waals surface area contributed by atoms with Crippen molar-refractivity contribution < 1.29 is 8.42 Å². The highest BCUT2D eigenvalue weighted by Gasteiger charge is 2.38. The molecule has 0 spiro atoms. The van der Waals surface area contributed by atoms with Gasteiger partial charge in [-0.3, -0.25) is 0 Å². The Bertz CT molecular complexity index is 756. The minimum absolute atomic E-state index is 0.00916. The number of nitrogens with zero attached hydrogens (tertiary/aromatic N) is 1. The molecular weight excluding hydrogens is 314 g/mol.